The molecular weight excluding hydrogens is 344 g/mol. The summed E-state index contributed by atoms with van der Waals surface area (Å²) in [6, 6.07) is -0.821. The van der Waals surface area contributed by atoms with Crippen molar-refractivity contribution in [2.45, 2.75) is 18.9 Å². The molecule has 12 nitrogen and oxygen atoms in total. The first kappa shape index (κ1) is 25.5. The van der Waals surface area contributed by atoms with Crippen LogP contribution in [-0.2, 0) is 25.0 Å². The van der Waals surface area contributed by atoms with Crippen LogP contribution in [0, 0.1) is 5.41 Å². The van der Waals surface area contributed by atoms with Gasteiger partial charge in [0.1, 0.15) is 6.04 Å². The Hall–Kier alpha value is -1.48. The van der Waals surface area contributed by atoms with E-state index in [9.17, 15) is 21.6 Å². The second-order valence-corrected chi connectivity index (χ2v) is 6.83. The minimum absolute atomic E-state index is 0.112. The van der Waals surface area contributed by atoms with Crippen molar-refractivity contribution in [1.29, 1.82) is 5.41 Å². The van der Waals surface area contributed by atoms with Gasteiger partial charge in [-0.1, -0.05) is 0 Å². The lowest BCUT2D eigenvalue weighted by Crippen LogP contribution is -2.34. The highest BCUT2D eigenvalue weighted by Gasteiger charge is 2.09. The first-order valence-corrected chi connectivity index (χ1v) is 9.15. The zero-order valence-electron chi connectivity index (χ0n) is 12.1. The van der Waals surface area contributed by atoms with Crippen LogP contribution in [0.2, 0.25) is 0 Å². The van der Waals surface area contributed by atoms with Crippen molar-refractivity contribution in [1.82, 2.24) is 5.32 Å². The number of nitrogens with one attached hydrogen (secondary N) is 2. The van der Waals surface area contributed by atoms with E-state index < -0.39 is 32.2 Å². The third-order valence-electron chi connectivity index (χ3n) is 1.32. The van der Waals surface area contributed by atoms with E-state index in [-0.39, 0.29) is 5.96 Å². The van der Waals surface area contributed by atoms with E-state index in [1.165, 1.54) is 0 Å². The molecule has 0 aliphatic rings. The topological polar surface area (TPSA) is 234 Å². The molecule has 0 rings (SSSR count). The largest absolute Gasteiger partial charge is 0.480 e. The van der Waals surface area contributed by atoms with Gasteiger partial charge in [-0.25, -0.2) is 0 Å². The van der Waals surface area contributed by atoms with Crippen LogP contribution in [0.5, 0.6) is 0 Å². The molecule has 9 N–H and O–H groups in total. The molecule has 0 spiro atoms. The lowest BCUT2D eigenvalue weighted by atomic mass is 10.2. The van der Waals surface area contributed by atoms with Crippen molar-refractivity contribution >= 4 is 32.2 Å². The summed E-state index contributed by atoms with van der Waals surface area (Å²) < 4.78 is 51.7. The Morgan fingerprint density at radius 1 is 1.18 bits per heavy atom. The number of nitrogens with two attached hydrogens (primary N) is 2. The van der Waals surface area contributed by atoms with Crippen LogP contribution in [0.3, 0.4) is 0 Å². The Labute approximate surface area is 128 Å². The summed E-state index contributed by atoms with van der Waals surface area (Å²) >= 11 is 0. The molecule has 22 heavy (non-hydrogen) atoms. The van der Waals surface area contributed by atoms with E-state index in [1.54, 1.807) is 0 Å². The highest BCUT2D eigenvalue weighted by atomic mass is 32.2. The summed E-state index contributed by atoms with van der Waals surface area (Å²) in [5, 5.41) is 17.7. The molecule has 0 radical (unpaired) electrons. The third kappa shape index (κ3) is 62.7. The Morgan fingerprint density at radius 2 is 1.50 bits per heavy atom. The quantitative estimate of drug-likeness (QED) is 0.118. The van der Waals surface area contributed by atoms with Gasteiger partial charge in [0.25, 0.3) is 20.2 Å². The number of carboxylic acids is 1. The number of rotatable bonds is 5. The molecule has 0 aromatic heterocycles. The second-order valence-electron chi connectivity index (χ2n) is 3.89. The number of aliphatic carboxylic acids is 1. The molecule has 134 valence electrons. The normalized spacial score (nSPS) is 11.9. The van der Waals surface area contributed by atoms with Crippen molar-refractivity contribution in [3.8, 4) is 0 Å². The first-order valence-electron chi connectivity index (χ1n) is 5.45. The predicted molar refractivity (Wildman–Crippen MR) is 79.7 cm³/mol. The van der Waals surface area contributed by atoms with Gasteiger partial charge < -0.3 is 21.9 Å². The zero-order chi connectivity index (χ0) is 18.6. The second kappa shape index (κ2) is 12.1. The van der Waals surface area contributed by atoms with Crippen molar-refractivity contribution < 1.29 is 35.8 Å². The van der Waals surface area contributed by atoms with Crippen molar-refractivity contribution in [2.75, 3.05) is 19.1 Å². The average Bonchev–Trinajstić information content (AvgIpc) is 2.18. The number of guanidine groups is 1. The number of carboxylic acid groups (broad SMARTS) is 1. The number of carbonyl (C=O) groups is 1. The molecule has 0 saturated heterocycles. The molecule has 0 unspecified atom stereocenters. The zero-order valence-corrected chi connectivity index (χ0v) is 13.7. The van der Waals surface area contributed by atoms with Gasteiger partial charge in [0, 0.05) is 6.54 Å². The van der Waals surface area contributed by atoms with Crippen LogP contribution in [-0.4, -0.2) is 68.1 Å². The molecule has 0 fully saturated rings. The van der Waals surface area contributed by atoms with Gasteiger partial charge in [0.15, 0.2) is 5.96 Å². The maximum Gasteiger partial charge on any atom is 0.320 e. The van der Waals surface area contributed by atoms with Gasteiger partial charge in [-0.05, 0) is 12.8 Å². The highest BCUT2D eigenvalue weighted by molar-refractivity contribution is 7.85. The van der Waals surface area contributed by atoms with Gasteiger partial charge in [-0.15, -0.1) is 0 Å². The van der Waals surface area contributed by atoms with E-state index in [2.05, 4.69) is 5.32 Å². The monoisotopic (exact) mass is 366 g/mol. The van der Waals surface area contributed by atoms with Crippen molar-refractivity contribution in [3.63, 3.8) is 0 Å². The molecule has 14 heteroatoms. The predicted octanol–water partition coefficient (Wildman–Crippen LogP) is -2.33. The van der Waals surface area contributed by atoms with Gasteiger partial charge in [-0.3, -0.25) is 19.3 Å². The summed E-state index contributed by atoms with van der Waals surface area (Å²) in [4.78, 5) is 10.2. The lowest BCUT2D eigenvalue weighted by Gasteiger charge is -2.06. The van der Waals surface area contributed by atoms with Crippen LogP contribution in [0.4, 0.5) is 0 Å². The summed E-state index contributed by atoms with van der Waals surface area (Å²) in [6.45, 7) is 0.482. The number of hydrogen-bond donors (Lipinski definition) is 7. The molecule has 0 aromatic rings. The Morgan fingerprint density at radius 3 is 1.73 bits per heavy atom. The minimum atomic E-state index is -3.67. The fraction of sp³-hybridized carbons (Fsp3) is 0.750. The van der Waals surface area contributed by atoms with Crippen LogP contribution < -0.4 is 16.8 Å². The summed E-state index contributed by atoms with van der Waals surface area (Å²) in [5.74, 6) is -1.11. The Bertz CT molecular complexity index is 484. The van der Waals surface area contributed by atoms with E-state index in [0.717, 1.165) is 0 Å². The molecule has 0 aliphatic heterocycles. The molecule has 1 atom stereocenters. The van der Waals surface area contributed by atoms with Gasteiger partial charge in [-0.2, -0.15) is 16.8 Å². The average molecular weight is 366 g/mol. The van der Waals surface area contributed by atoms with Crippen LogP contribution in [0.1, 0.15) is 12.8 Å². The van der Waals surface area contributed by atoms with Crippen molar-refractivity contribution in [3.05, 3.63) is 0 Å². The first-order chi connectivity index (χ1) is 9.54. The van der Waals surface area contributed by atoms with Crippen LogP contribution in [0.15, 0.2) is 0 Å². The van der Waals surface area contributed by atoms with Crippen LogP contribution >= 0.6 is 0 Å². The third-order valence-corrected chi connectivity index (χ3v) is 1.32. The van der Waals surface area contributed by atoms with E-state index in [0.29, 0.717) is 31.9 Å². The molecular formula is C8H22N4O8S2. The van der Waals surface area contributed by atoms with Gasteiger partial charge in [0.2, 0.25) is 0 Å². The molecule has 0 aliphatic carbocycles. The Balaban J connectivity index is -0.000000298. The molecule has 0 saturated carbocycles. The summed E-state index contributed by atoms with van der Waals surface area (Å²) in [6.07, 6.45) is 2.41. The lowest BCUT2D eigenvalue weighted by molar-refractivity contribution is -0.138. The standard InChI is InChI=1S/C6H14N4O2.2CH4O3S/c7-4(5(11)12)2-1-3-10-6(8)9;2*1-5(2,3)4/h4H,1-3,7H2,(H,11,12)(H4,8,9,10);2*1H3,(H,2,3,4)/t4-;;/m0../s1. The van der Waals surface area contributed by atoms with Gasteiger partial charge in [0.05, 0.1) is 12.5 Å². The maximum atomic E-state index is 10.2. The van der Waals surface area contributed by atoms with Gasteiger partial charge >= 0.3 is 5.97 Å². The smallest absolute Gasteiger partial charge is 0.320 e. The minimum Gasteiger partial charge on any atom is -0.480 e. The van der Waals surface area contributed by atoms with E-state index in [4.69, 9.17) is 31.1 Å². The van der Waals surface area contributed by atoms with Crippen molar-refractivity contribution in [2.24, 2.45) is 11.5 Å². The Kier molecular flexibility index (Phi) is 14.0. The van der Waals surface area contributed by atoms with E-state index >= 15 is 0 Å². The maximum absolute atomic E-state index is 10.2. The fourth-order valence-electron chi connectivity index (χ4n) is 0.669. The van der Waals surface area contributed by atoms with Crippen LogP contribution in [0.25, 0.3) is 0 Å². The summed E-state index contributed by atoms with van der Waals surface area (Å²) in [7, 11) is -7.33. The molecule has 0 amide bonds. The molecule has 0 aromatic carbocycles. The fourth-order valence-corrected chi connectivity index (χ4v) is 0.669. The summed E-state index contributed by atoms with van der Waals surface area (Å²) in [5.41, 5.74) is 10.2. The molecule has 0 heterocycles. The SMILES string of the molecule is CS(=O)(=O)O.CS(=O)(=O)O.N=C(N)NCCC[C@H](N)C(=O)O. The number of hydrogen-bond acceptors (Lipinski definition) is 7. The molecule has 0 bridgehead atoms. The highest BCUT2D eigenvalue weighted by Crippen LogP contribution is 1.92. The van der Waals surface area contributed by atoms with E-state index in [1.807, 2.05) is 0 Å².